The molecule has 2 saturated heterocycles. The lowest BCUT2D eigenvalue weighted by Gasteiger charge is -2.34. The molecular weight excluding hydrogens is 442 g/mol. The lowest BCUT2D eigenvalue weighted by molar-refractivity contribution is 0.163. The molecule has 4 rings (SSSR count). The lowest BCUT2D eigenvalue weighted by Crippen LogP contribution is -2.43. The molecule has 1 unspecified atom stereocenters. The number of piperidine rings is 1. The molecule has 3 aliphatic rings. The smallest absolute Gasteiger partial charge is 0.318 e. The molecule has 1 N–H and O–H groups in total. The number of ether oxygens (including phenoxy) is 1. The maximum absolute atomic E-state index is 12.5. The number of urea groups is 1. The summed E-state index contributed by atoms with van der Waals surface area (Å²) in [4.78, 5) is 17.1. The van der Waals surface area contributed by atoms with Crippen molar-refractivity contribution < 1.29 is 9.53 Å². The minimum Gasteiger partial charge on any atom is -0.494 e. The van der Waals surface area contributed by atoms with Crippen LogP contribution in [0.4, 0.5) is 4.79 Å². The van der Waals surface area contributed by atoms with Crippen LogP contribution in [0.2, 0.25) is 0 Å². The standard InChI is InChI=1S/C24H36BrN3O2/c1-2-30-22-8-9-23(25)19(15-22)14-18-10-12-27(13-11-18)16-20-17-28(24(29)26-20)21-6-4-3-5-7-21/h8-9,15,18,20-21H,2-7,10-14,16-17H2,1H3,(H,26,29). The highest BCUT2D eigenvalue weighted by Crippen LogP contribution is 2.29. The Labute approximate surface area is 189 Å². The molecule has 5 nitrogen and oxygen atoms in total. The van der Waals surface area contributed by atoms with Gasteiger partial charge in [-0.15, -0.1) is 0 Å². The quantitative estimate of drug-likeness (QED) is 0.611. The van der Waals surface area contributed by atoms with Gasteiger partial charge in [-0.2, -0.15) is 0 Å². The maximum atomic E-state index is 12.5. The second kappa shape index (κ2) is 10.4. The van der Waals surface area contributed by atoms with Gasteiger partial charge < -0.3 is 19.9 Å². The number of benzene rings is 1. The summed E-state index contributed by atoms with van der Waals surface area (Å²) in [5.41, 5.74) is 1.35. The van der Waals surface area contributed by atoms with Crippen LogP contribution < -0.4 is 10.1 Å². The van der Waals surface area contributed by atoms with Crippen molar-refractivity contribution in [2.24, 2.45) is 5.92 Å². The minimum absolute atomic E-state index is 0.167. The highest BCUT2D eigenvalue weighted by Gasteiger charge is 2.35. The summed E-state index contributed by atoms with van der Waals surface area (Å²) < 4.78 is 6.86. The van der Waals surface area contributed by atoms with Crippen molar-refractivity contribution in [3.63, 3.8) is 0 Å². The molecule has 2 amide bonds. The zero-order chi connectivity index (χ0) is 20.9. The first kappa shape index (κ1) is 21.9. The molecule has 2 heterocycles. The fraction of sp³-hybridized carbons (Fsp3) is 0.708. The topological polar surface area (TPSA) is 44.8 Å². The van der Waals surface area contributed by atoms with Gasteiger partial charge in [0.15, 0.2) is 0 Å². The summed E-state index contributed by atoms with van der Waals surface area (Å²) in [5.74, 6) is 1.68. The molecule has 1 saturated carbocycles. The van der Waals surface area contributed by atoms with Crippen LogP contribution in [-0.4, -0.2) is 60.7 Å². The minimum atomic E-state index is 0.167. The van der Waals surface area contributed by atoms with Crippen molar-refractivity contribution in [1.29, 1.82) is 0 Å². The highest BCUT2D eigenvalue weighted by atomic mass is 79.9. The van der Waals surface area contributed by atoms with Crippen molar-refractivity contribution >= 4 is 22.0 Å². The zero-order valence-corrected chi connectivity index (χ0v) is 19.8. The number of carbonyl (C=O) groups excluding carboxylic acids is 1. The lowest BCUT2D eigenvalue weighted by atomic mass is 9.90. The summed E-state index contributed by atoms with van der Waals surface area (Å²) in [5, 5.41) is 3.25. The average Bonchev–Trinajstić information content (AvgIpc) is 3.13. The summed E-state index contributed by atoms with van der Waals surface area (Å²) in [6.07, 6.45) is 9.79. The molecule has 2 aliphatic heterocycles. The average molecular weight is 478 g/mol. The van der Waals surface area contributed by atoms with Crippen LogP contribution in [0, 0.1) is 5.92 Å². The number of hydrogen-bond acceptors (Lipinski definition) is 3. The largest absolute Gasteiger partial charge is 0.494 e. The van der Waals surface area contributed by atoms with Gasteiger partial charge in [0, 0.05) is 23.6 Å². The Kier molecular flexibility index (Phi) is 7.58. The summed E-state index contributed by atoms with van der Waals surface area (Å²) in [7, 11) is 0. The maximum Gasteiger partial charge on any atom is 0.318 e. The third-order valence-corrected chi connectivity index (χ3v) is 7.82. The van der Waals surface area contributed by atoms with Gasteiger partial charge in [-0.05, 0) is 81.8 Å². The molecule has 0 spiro atoms. The number of hydrogen-bond donors (Lipinski definition) is 1. The van der Waals surface area contributed by atoms with Gasteiger partial charge in [-0.3, -0.25) is 0 Å². The van der Waals surface area contributed by atoms with E-state index in [2.05, 4.69) is 43.2 Å². The number of nitrogens with zero attached hydrogens (tertiary/aromatic N) is 2. The number of likely N-dealkylation sites (tertiary alicyclic amines) is 1. The number of halogens is 1. The van der Waals surface area contributed by atoms with Gasteiger partial charge in [0.1, 0.15) is 5.75 Å². The van der Waals surface area contributed by atoms with E-state index in [9.17, 15) is 4.79 Å². The van der Waals surface area contributed by atoms with Crippen LogP contribution in [0.3, 0.4) is 0 Å². The molecule has 30 heavy (non-hydrogen) atoms. The molecule has 3 fully saturated rings. The molecule has 0 radical (unpaired) electrons. The van der Waals surface area contributed by atoms with Gasteiger partial charge in [-0.25, -0.2) is 4.79 Å². The SMILES string of the molecule is CCOc1ccc(Br)c(CC2CCN(CC3CN(C4CCCCC4)C(=O)N3)CC2)c1. The first-order valence-corrected chi connectivity index (χ1v) is 12.6. The Morgan fingerprint density at radius 2 is 1.90 bits per heavy atom. The first-order valence-electron chi connectivity index (χ1n) is 11.8. The van der Waals surface area contributed by atoms with E-state index in [1.54, 1.807) is 0 Å². The highest BCUT2D eigenvalue weighted by molar-refractivity contribution is 9.10. The van der Waals surface area contributed by atoms with E-state index in [1.165, 1.54) is 55.0 Å². The summed E-state index contributed by atoms with van der Waals surface area (Å²) >= 11 is 3.71. The van der Waals surface area contributed by atoms with Crippen molar-refractivity contribution in [3.05, 3.63) is 28.2 Å². The van der Waals surface area contributed by atoms with Gasteiger partial charge in [-0.1, -0.05) is 35.2 Å². The third kappa shape index (κ3) is 5.50. The van der Waals surface area contributed by atoms with E-state index in [1.807, 2.05) is 13.0 Å². The fourth-order valence-corrected chi connectivity index (χ4v) is 5.80. The van der Waals surface area contributed by atoms with E-state index in [0.717, 1.165) is 38.3 Å². The molecule has 0 bridgehead atoms. The fourth-order valence-electron chi connectivity index (χ4n) is 5.39. The van der Waals surface area contributed by atoms with Crippen LogP contribution >= 0.6 is 15.9 Å². The summed E-state index contributed by atoms with van der Waals surface area (Å²) in [6.45, 7) is 6.87. The van der Waals surface area contributed by atoms with Crippen molar-refractivity contribution in [3.8, 4) is 5.75 Å². The third-order valence-electron chi connectivity index (χ3n) is 7.04. The van der Waals surface area contributed by atoms with Gasteiger partial charge in [0.25, 0.3) is 0 Å². The first-order chi connectivity index (χ1) is 14.6. The second-order valence-electron chi connectivity index (χ2n) is 9.22. The Bertz CT molecular complexity index is 714. The predicted molar refractivity (Wildman–Crippen MR) is 124 cm³/mol. The van der Waals surface area contributed by atoms with Gasteiger partial charge in [0.05, 0.1) is 12.6 Å². The molecule has 1 aromatic carbocycles. The van der Waals surface area contributed by atoms with Crippen molar-refractivity contribution in [2.75, 3.05) is 32.8 Å². The van der Waals surface area contributed by atoms with Crippen molar-refractivity contribution in [1.82, 2.24) is 15.1 Å². The predicted octanol–water partition coefficient (Wildman–Crippen LogP) is 4.83. The van der Waals surface area contributed by atoms with Gasteiger partial charge in [0.2, 0.25) is 0 Å². The van der Waals surface area contributed by atoms with Crippen LogP contribution in [0.1, 0.15) is 57.4 Å². The number of nitrogens with one attached hydrogen (secondary N) is 1. The van der Waals surface area contributed by atoms with E-state index in [4.69, 9.17) is 4.74 Å². The Balaban J connectivity index is 1.23. The van der Waals surface area contributed by atoms with Crippen molar-refractivity contribution in [2.45, 2.75) is 70.4 Å². The normalized spacial score (nSPS) is 24.3. The van der Waals surface area contributed by atoms with Crippen LogP contribution in [0.25, 0.3) is 0 Å². The Morgan fingerprint density at radius 1 is 1.13 bits per heavy atom. The molecule has 1 atom stereocenters. The number of amides is 2. The molecule has 1 aliphatic carbocycles. The molecular formula is C24H36BrN3O2. The van der Waals surface area contributed by atoms with E-state index in [-0.39, 0.29) is 12.1 Å². The zero-order valence-electron chi connectivity index (χ0n) is 18.2. The van der Waals surface area contributed by atoms with Crippen LogP contribution in [-0.2, 0) is 6.42 Å². The Morgan fingerprint density at radius 3 is 2.63 bits per heavy atom. The van der Waals surface area contributed by atoms with E-state index in [0.29, 0.717) is 18.6 Å². The monoisotopic (exact) mass is 477 g/mol. The van der Waals surface area contributed by atoms with Crippen LogP contribution in [0.15, 0.2) is 22.7 Å². The molecule has 6 heteroatoms. The van der Waals surface area contributed by atoms with Crippen LogP contribution in [0.5, 0.6) is 5.75 Å². The molecule has 166 valence electrons. The number of carbonyl (C=O) groups is 1. The molecule has 0 aromatic heterocycles. The number of rotatable bonds is 7. The van der Waals surface area contributed by atoms with E-state index >= 15 is 0 Å². The van der Waals surface area contributed by atoms with Gasteiger partial charge >= 0.3 is 6.03 Å². The van der Waals surface area contributed by atoms with E-state index < -0.39 is 0 Å². The summed E-state index contributed by atoms with van der Waals surface area (Å²) in [6, 6.07) is 7.25. The second-order valence-corrected chi connectivity index (χ2v) is 10.1. The Hall–Kier alpha value is -1.27. The molecule has 1 aromatic rings.